The summed E-state index contributed by atoms with van der Waals surface area (Å²) in [6, 6.07) is 0. The maximum absolute atomic E-state index is 11.1. The second-order valence-electron chi connectivity index (χ2n) is 2.47. The van der Waals surface area contributed by atoms with E-state index in [1.807, 2.05) is 6.92 Å². The van der Waals surface area contributed by atoms with Crippen molar-refractivity contribution in [3.63, 3.8) is 0 Å². The minimum Gasteiger partial charge on any atom is -0.355 e. The summed E-state index contributed by atoms with van der Waals surface area (Å²) in [7, 11) is 0. The molecule has 0 rings (SSSR count). The van der Waals surface area contributed by atoms with E-state index in [2.05, 4.69) is 27.2 Å². The molecule has 0 radical (unpaired) electrons. The summed E-state index contributed by atoms with van der Waals surface area (Å²) < 4.78 is 0. The first-order chi connectivity index (χ1) is 5.72. The Labute approximate surface area is 82.2 Å². The lowest BCUT2D eigenvalue weighted by molar-refractivity contribution is -0.120. The number of hydrogen-bond donors (Lipinski definition) is 1. The van der Waals surface area contributed by atoms with E-state index in [-0.39, 0.29) is 10.7 Å². The summed E-state index contributed by atoms with van der Waals surface area (Å²) in [5.41, 5.74) is 0. The molecule has 0 aliphatic carbocycles. The Bertz CT molecular complexity index is 174. The van der Waals surface area contributed by atoms with Crippen molar-refractivity contribution in [1.29, 1.82) is 0 Å². The number of carbonyl (C=O) groups excluding carboxylic acids is 1. The van der Waals surface area contributed by atoms with Crippen LogP contribution < -0.4 is 5.32 Å². The highest BCUT2D eigenvalue weighted by molar-refractivity contribution is 9.10. The number of carbonyl (C=O) groups is 1. The number of rotatable bonds is 5. The lowest BCUT2D eigenvalue weighted by Crippen LogP contribution is -2.31. The molecule has 3 heteroatoms. The Morgan fingerprint density at radius 1 is 1.75 bits per heavy atom. The zero-order valence-electron chi connectivity index (χ0n) is 7.27. The minimum atomic E-state index is -0.0664. The van der Waals surface area contributed by atoms with Gasteiger partial charge in [-0.2, -0.15) is 0 Å². The van der Waals surface area contributed by atoms with Crippen LogP contribution in [0.2, 0.25) is 0 Å². The summed E-state index contributed by atoms with van der Waals surface area (Å²) in [6.07, 6.45) is 7.44. The van der Waals surface area contributed by atoms with Gasteiger partial charge in [-0.25, -0.2) is 0 Å². The number of hydrogen-bond acceptors (Lipinski definition) is 1. The summed E-state index contributed by atoms with van der Waals surface area (Å²) >= 11 is 3.26. The van der Waals surface area contributed by atoms with Gasteiger partial charge in [-0.05, 0) is 12.8 Å². The molecule has 1 unspecified atom stereocenters. The maximum Gasteiger partial charge on any atom is 0.233 e. The Kier molecular flexibility index (Phi) is 6.88. The predicted octanol–water partition coefficient (Wildman–Crippen LogP) is 1.69. The van der Waals surface area contributed by atoms with Crippen LogP contribution in [-0.2, 0) is 4.79 Å². The number of nitrogens with one attached hydrogen (secondary N) is 1. The molecule has 0 saturated carbocycles. The van der Waals surface area contributed by atoms with Crippen LogP contribution in [0, 0.1) is 12.3 Å². The molecule has 0 aliphatic heterocycles. The molecule has 0 heterocycles. The molecule has 0 bridgehead atoms. The zero-order valence-corrected chi connectivity index (χ0v) is 8.86. The third-order valence-electron chi connectivity index (χ3n) is 1.44. The van der Waals surface area contributed by atoms with Crippen LogP contribution in [0.5, 0.6) is 0 Å². The van der Waals surface area contributed by atoms with E-state index in [0.717, 1.165) is 19.3 Å². The molecule has 0 aromatic heterocycles. The molecule has 0 fully saturated rings. The Hall–Kier alpha value is -0.490. The molecule has 0 aromatic carbocycles. The summed E-state index contributed by atoms with van der Waals surface area (Å²) in [6.45, 7) is 2.63. The first-order valence-corrected chi connectivity index (χ1v) is 4.99. The highest BCUT2D eigenvalue weighted by Crippen LogP contribution is 2.03. The van der Waals surface area contributed by atoms with Gasteiger partial charge in [0.25, 0.3) is 0 Å². The van der Waals surface area contributed by atoms with E-state index >= 15 is 0 Å². The molecule has 1 amide bonds. The van der Waals surface area contributed by atoms with Crippen molar-refractivity contribution < 1.29 is 4.79 Å². The van der Waals surface area contributed by atoms with Crippen molar-refractivity contribution >= 4 is 21.8 Å². The van der Waals surface area contributed by atoms with Crippen molar-refractivity contribution in [3.05, 3.63) is 0 Å². The van der Waals surface area contributed by atoms with Crippen LogP contribution in [0.15, 0.2) is 0 Å². The Morgan fingerprint density at radius 2 is 2.42 bits per heavy atom. The summed E-state index contributed by atoms with van der Waals surface area (Å²) in [5, 5.41) is 2.79. The number of halogens is 1. The largest absolute Gasteiger partial charge is 0.355 e. The molecule has 1 N–H and O–H groups in total. The van der Waals surface area contributed by atoms with Crippen molar-refractivity contribution in [1.82, 2.24) is 5.32 Å². The van der Waals surface area contributed by atoms with Crippen molar-refractivity contribution in [2.45, 2.75) is 31.0 Å². The van der Waals surface area contributed by atoms with Gasteiger partial charge in [0.1, 0.15) is 0 Å². The van der Waals surface area contributed by atoms with Crippen molar-refractivity contribution in [3.8, 4) is 12.3 Å². The van der Waals surface area contributed by atoms with Crippen molar-refractivity contribution in [2.75, 3.05) is 6.54 Å². The fourth-order valence-electron chi connectivity index (χ4n) is 0.698. The fourth-order valence-corrected chi connectivity index (χ4v) is 0.860. The first-order valence-electron chi connectivity index (χ1n) is 4.07. The normalized spacial score (nSPS) is 11.8. The second kappa shape index (κ2) is 7.17. The standard InChI is InChI=1S/C9H14BrNO/c1-3-5-6-7-11-9(12)8(10)4-2/h1,8H,4-7H2,2H3,(H,11,12). The van der Waals surface area contributed by atoms with E-state index in [4.69, 9.17) is 6.42 Å². The SMILES string of the molecule is C#CCCCNC(=O)C(Br)CC. The zero-order chi connectivity index (χ0) is 9.40. The summed E-state index contributed by atoms with van der Waals surface area (Å²) in [5.74, 6) is 2.57. The lowest BCUT2D eigenvalue weighted by Gasteiger charge is -2.07. The van der Waals surface area contributed by atoms with Gasteiger partial charge in [-0.3, -0.25) is 4.79 Å². The smallest absolute Gasteiger partial charge is 0.233 e. The van der Waals surface area contributed by atoms with Crippen LogP contribution in [0.25, 0.3) is 0 Å². The topological polar surface area (TPSA) is 29.1 Å². The first kappa shape index (κ1) is 11.5. The molecule has 68 valence electrons. The lowest BCUT2D eigenvalue weighted by atomic mass is 10.3. The second-order valence-corrected chi connectivity index (χ2v) is 3.58. The highest BCUT2D eigenvalue weighted by atomic mass is 79.9. The van der Waals surface area contributed by atoms with Crippen molar-refractivity contribution in [2.24, 2.45) is 0 Å². The number of alkyl halides is 1. The van der Waals surface area contributed by atoms with E-state index in [1.165, 1.54) is 0 Å². The average Bonchev–Trinajstić information content (AvgIpc) is 2.10. The third-order valence-corrected chi connectivity index (χ3v) is 2.50. The van der Waals surface area contributed by atoms with Gasteiger partial charge in [-0.15, -0.1) is 12.3 Å². The van der Waals surface area contributed by atoms with Crippen LogP contribution in [0.1, 0.15) is 26.2 Å². The quantitative estimate of drug-likeness (QED) is 0.436. The Balaban J connectivity index is 3.39. The predicted molar refractivity (Wildman–Crippen MR) is 54.1 cm³/mol. The average molecular weight is 232 g/mol. The molecule has 0 spiro atoms. The van der Waals surface area contributed by atoms with E-state index in [1.54, 1.807) is 0 Å². The molecule has 12 heavy (non-hydrogen) atoms. The van der Waals surface area contributed by atoms with Gasteiger partial charge in [0.2, 0.25) is 5.91 Å². The molecule has 1 atom stereocenters. The Morgan fingerprint density at radius 3 is 2.92 bits per heavy atom. The van der Waals surface area contributed by atoms with Gasteiger partial charge in [0, 0.05) is 13.0 Å². The van der Waals surface area contributed by atoms with E-state index in [0.29, 0.717) is 6.54 Å². The van der Waals surface area contributed by atoms with Crippen LogP contribution >= 0.6 is 15.9 Å². The maximum atomic E-state index is 11.1. The third kappa shape index (κ3) is 5.20. The highest BCUT2D eigenvalue weighted by Gasteiger charge is 2.10. The van der Waals surface area contributed by atoms with Gasteiger partial charge < -0.3 is 5.32 Å². The fraction of sp³-hybridized carbons (Fsp3) is 0.667. The molecule has 0 aromatic rings. The number of terminal acetylenes is 1. The van der Waals surface area contributed by atoms with Gasteiger partial charge in [0.15, 0.2) is 0 Å². The molecule has 2 nitrogen and oxygen atoms in total. The number of amides is 1. The molecule has 0 saturated heterocycles. The van der Waals surface area contributed by atoms with Gasteiger partial charge in [-0.1, -0.05) is 22.9 Å². The minimum absolute atomic E-state index is 0.0505. The van der Waals surface area contributed by atoms with Crippen LogP contribution in [-0.4, -0.2) is 17.3 Å². The molecular weight excluding hydrogens is 218 g/mol. The summed E-state index contributed by atoms with van der Waals surface area (Å²) in [4.78, 5) is 11.1. The van der Waals surface area contributed by atoms with Crippen LogP contribution in [0.4, 0.5) is 0 Å². The monoisotopic (exact) mass is 231 g/mol. The molecule has 0 aliphatic rings. The van der Waals surface area contributed by atoms with E-state index in [9.17, 15) is 4.79 Å². The van der Waals surface area contributed by atoms with E-state index < -0.39 is 0 Å². The molecular formula is C9H14BrNO. The number of unbranched alkanes of at least 4 members (excludes halogenated alkanes) is 1. The van der Waals surface area contributed by atoms with Gasteiger partial charge >= 0.3 is 0 Å². The van der Waals surface area contributed by atoms with Gasteiger partial charge in [0.05, 0.1) is 4.83 Å². The van der Waals surface area contributed by atoms with Crippen LogP contribution in [0.3, 0.4) is 0 Å².